The van der Waals surface area contributed by atoms with E-state index < -0.39 is 18.1 Å². The van der Waals surface area contributed by atoms with E-state index in [1.165, 1.54) is 18.3 Å². The molecule has 2 aromatic rings. The molecule has 2 rings (SSSR count). The van der Waals surface area contributed by atoms with Crippen molar-refractivity contribution in [1.29, 1.82) is 0 Å². The number of carbonyl (C=O) groups excluding carboxylic acids is 1. The molecule has 11 heteroatoms. The van der Waals surface area contributed by atoms with Crippen molar-refractivity contribution in [3.63, 3.8) is 0 Å². The van der Waals surface area contributed by atoms with Gasteiger partial charge in [-0.1, -0.05) is 23.2 Å². The Morgan fingerprint density at radius 2 is 1.64 bits per heavy atom. The first-order chi connectivity index (χ1) is 10.2. The lowest BCUT2D eigenvalue weighted by atomic mass is 10.3. The van der Waals surface area contributed by atoms with Gasteiger partial charge in [0.15, 0.2) is 17.9 Å². The third-order valence-corrected chi connectivity index (χ3v) is 2.36. The number of nitrogens with zero attached hydrogens (tertiary/aromatic N) is 4. The van der Waals surface area contributed by atoms with Crippen LogP contribution in [0.1, 0.15) is 22.5 Å². The Hall–Kier alpha value is -1.84. The molecule has 22 heavy (non-hydrogen) atoms. The highest BCUT2D eigenvalue weighted by molar-refractivity contribution is 6.29. The van der Waals surface area contributed by atoms with Crippen LogP contribution in [0.5, 0.6) is 0 Å². The number of halogens is 5. The first kappa shape index (κ1) is 18.2. The third kappa shape index (κ3) is 5.88. The van der Waals surface area contributed by atoms with E-state index in [0.29, 0.717) is 6.29 Å². The van der Waals surface area contributed by atoms with E-state index in [2.05, 4.69) is 19.9 Å². The van der Waals surface area contributed by atoms with Crippen molar-refractivity contribution in [1.82, 2.24) is 19.9 Å². The molecule has 0 bridgehead atoms. The highest BCUT2D eigenvalue weighted by Crippen LogP contribution is 2.30. The molecular weight excluding hydrogens is 348 g/mol. The number of rotatable bonds is 2. The quantitative estimate of drug-likeness (QED) is 0.658. The normalized spacial score (nSPS) is 12.1. The van der Waals surface area contributed by atoms with Crippen molar-refractivity contribution in [2.24, 2.45) is 0 Å². The smallest absolute Gasteiger partial charge is 0.377 e. The minimum absolute atomic E-state index is 0.113. The Bertz CT molecular complexity index is 643. The molecule has 0 amide bonds. The van der Waals surface area contributed by atoms with Gasteiger partial charge >= 0.3 is 6.18 Å². The molecule has 1 atom stereocenters. The number of hydrogen-bond donors (Lipinski definition) is 1. The Morgan fingerprint density at radius 1 is 1.09 bits per heavy atom. The van der Waals surface area contributed by atoms with E-state index in [1.54, 1.807) is 0 Å². The van der Waals surface area contributed by atoms with Crippen LogP contribution in [0.15, 0.2) is 24.5 Å². The average Bonchev–Trinajstić information content (AvgIpc) is 2.46. The maximum atomic E-state index is 11.9. The summed E-state index contributed by atoms with van der Waals surface area (Å²) >= 11 is 10.7. The highest BCUT2D eigenvalue weighted by atomic mass is 35.5. The van der Waals surface area contributed by atoms with Crippen molar-refractivity contribution in [3.8, 4) is 0 Å². The fraction of sp³-hybridized carbons (Fsp3) is 0.182. The van der Waals surface area contributed by atoms with Crippen LogP contribution in [0.3, 0.4) is 0 Å². The number of aromatic nitrogens is 4. The molecule has 0 aliphatic heterocycles. The molecule has 0 saturated heterocycles. The van der Waals surface area contributed by atoms with Crippen LogP contribution in [-0.4, -0.2) is 37.5 Å². The minimum Gasteiger partial charge on any atom is -0.377 e. The van der Waals surface area contributed by atoms with Gasteiger partial charge in [0.1, 0.15) is 10.3 Å². The van der Waals surface area contributed by atoms with E-state index in [-0.39, 0.29) is 16.1 Å². The van der Waals surface area contributed by atoms with E-state index in [9.17, 15) is 18.0 Å². The first-order valence-corrected chi connectivity index (χ1v) is 6.16. The van der Waals surface area contributed by atoms with Crippen molar-refractivity contribution in [2.75, 3.05) is 0 Å². The summed E-state index contributed by atoms with van der Waals surface area (Å²) in [5.74, 6) is -0.637. The Labute approximate surface area is 132 Å². The molecule has 2 heterocycles. The topological polar surface area (TPSA) is 88.9 Å². The van der Waals surface area contributed by atoms with Crippen LogP contribution in [0, 0.1) is 0 Å². The summed E-state index contributed by atoms with van der Waals surface area (Å²) in [5, 5.41) is 8.81. The lowest BCUT2D eigenvalue weighted by molar-refractivity contribution is -0.209. The van der Waals surface area contributed by atoms with Gasteiger partial charge in [0.2, 0.25) is 6.10 Å². The zero-order valence-electron chi connectivity index (χ0n) is 10.5. The molecule has 0 saturated carbocycles. The number of aliphatic hydroxyl groups excluding tert-OH is 1. The summed E-state index contributed by atoms with van der Waals surface area (Å²) in [5.41, 5.74) is 0. The summed E-state index contributed by atoms with van der Waals surface area (Å²) in [6, 6.07) is 2.72. The number of aldehydes is 1. The fourth-order valence-corrected chi connectivity index (χ4v) is 1.32. The van der Waals surface area contributed by atoms with Crippen LogP contribution in [0.25, 0.3) is 0 Å². The maximum absolute atomic E-state index is 11.9. The lowest BCUT2D eigenvalue weighted by Gasteiger charge is -2.12. The molecule has 0 aliphatic carbocycles. The number of hydrogen-bond acceptors (Lipinski definition) is 6. The molecule has 2 aromatic heterocycles. The average molecular weight is 355 g/mol. The molecule has 0 aromatic carbocycles. The van der Waals surface area contributed by atoms with Gasteiger partial charge in [-0.05, 0) is 12.1 Å². The van der Waals surface area contributed by atoms with Gasteiger partial charge in [-0.25, -0.2) is 19.9 Å². The van der Waals surface area contributed by atoms with Crippen molar-refractivity contribution >= 4 is 29.5 Å². The molecule has 0 spiro atoms. The molecule has 0 fully saturated rings. The van der Waals surface area contributed by atoms with Gasteiger partial charge in [-0.15, -0.1) is 0 Å². The highest BCUT2D eigenvalue weighted by Gasteiger charge is 2.41. The molecular formula is C11H7Cl2F3N4O2. The van der Waals surface area contributed by atoms with Crippen molar-refractivity contribution in [3.05, 3.63) is 46.5 Å². The molecule has 1 N–H and O–H groups in total. The van der Waals surface area contributed by atoms with Crippen LogP contribution in [-0.2, 0) is 0 Å². The Morgan fingerprint density at radius 3 is 2.05 bits per heavy atom. The second kappa shape index (κ2) is 7.97. The van der Waals surface area contributed by atoms with E-state index >= 15 is 0 Å². The summed E-state index contributed by atoms with van der Waals surface area (Å²) in [7, 11) is 0. The predicted molar refractivity (Wildman–Crippen MR) is 70.5 cm³/mol. The Kier molecular flexibility index (Phi) is 6.60. The number of alkyl halides is 3. The second-order valence-corrected chi connectivity index (χ2v) is 4.31. The monoisotopic (exact) mass is 354 g/mol. The maximum Gasteiger partial charge on any atom is 0.421 e. The molecule has 0 radical (unpaired) electrons. The zero-order valence-corrected chi connectivity index (χ0v) is 12.0. The summed E-state index contributed by atoms with van der Waals surface area (Å²) < 4.78 is 35.7. The van der Waals surface area contributed by atoms with Crippen LogP contribution < -0.4 is 0 Å². The van der Waals surface area contributed by atoms with Crippen LogP contribution >= 0.6 is 23.2 Å². The minimum atomic E-state index is -4.77. The van der Waals surface area contributed by atoms with Crippen LogP contribution in [0.2, 0.25) is 10.3 Å². The van der Waals surface area contributed by atoms with Gasteiger partial charge in [-0.3, -0.25) is 4.79 Å². The number of aliphatic hydroxyl groups is 1. The molecule has 6 nitrogen and oxygen atoms in total. The second-order valence-electron chi connectivity index (χ2n) is 3.54. The standard InChI is InChI=1S/C6H4ClF3N2O.C5H3ClN2O/c7-3-1-2-11-5(12-3)4(13)6(8,9)10;6-4-1-2-7-5(3-9)8-4/h1-2,4,13H;1-3H. The zero-order chi connectivity index (χ0) is 16.8. The lowest BCUT2D eigenvalue weighted by Crippen LogP contribution is -2.22. The van der Waals surface area contributed by atoms with Gasteiger partial charge in [0.25, 0.3) is 0 Å². The number of carbonyl (C=O) groups is 1. The summed E-state index contributed by atoms with van der Waals surface area (Å²) in [6.45, 7) is 0. The SMILES string of the molecule is O=Cc1nccc(Cl)n1.OC(c1nccc(Cl)n1)C(F)(F)F. The molecule has 1 unspecified atom stereocenters. The van der Waals surface area contributed by atoms with Crippen molar-refractivity contribution < 1.29 is 23.1 Å². The van der Waals surface area contributed by atoms with Crippen molar-refractivity contribution in [2.45, 2.75) is 12.3 Å². The van der Waals surface area contributed by atoms with Crippen LogP contribution in [0.4, 0.5) is 13.2 Å². The van der Waals surface area contributed by atoms with Gasteiger partial charge in [0.05, 0.1) is 0 Å². The van der Waals surface area contributed by atoms with Gasteiger partial charge in [-0.2, -0.15) is 13.2 Å². The van der Waals surface area contributed by atoms with Gasteiger partial charge < -0.3 is 5.11 Å². The van der Waals surface area contributed by atoms with E-state index in [4.69, 9.17) is 28.3 Å². The predicted octanol–water partition coefficient (Wildman–Crippen LogP) is 2.67. The summed E-state index contributed by atoms with van der Waals surface area (Å²) in [6.07, 6.45) is -4.44. The molecule has 0 aliphatic rings. The summed E-state index contributed by atoms with van der Waals surface area (Å²) in [4.78, 5) is 23.6. The van der Waals surface area contributed by atoms with E-state index in [1.807, 2.05) is 0 Å². The van der Waals surface area contributed by atoms with Gasteiger partial charge in [0, 0.05) is 12.4 Å². The molecule has 118 valence electrons. The first-order valence-electron chi connectivity index (χ1n) is 5.41. The fourth-order valence-electron chi connectivity index (χ4n) is 1.04. The third-order valence-electron chi connectivity index (χ3n) is 1.94. The Balaban J connectivity index is 0.000000235. The van der Waals surface area contributed by atoms with E-state index in [0.717, 1.165) is 6.20 Å². The largest absolute Gasteiger partial charge is 0.421 e.